The second kappa shape index (κ2) is 14.7. The van der Waals surface area contributed by atoms with E-state index in [2.05, 4.69) is 10.6 Å². The molecule has 196 valence electrons. The Hall–Kier alpha value is -4.81. The number of nitrogens with two attached hydrogens (primary N) is 1. The summed E-state index contributed by atoms with van der Waals surface area (Å²) in [7, 11) is 0. The first-order valence-electron chi connectivity index (χ1n) is 12.1. The van der Waals surface area contributed by atoms with Crippen molar-refractivity contribution in [1.29, 1.82) is 5.26 Å². The number of nitrogens with one attached hydrogen (secondary N) is 2. The van der Waals surface area contributed by atoms with Crippen LogP contribution in [0.3, 0.4) is 0 Å². The van der Waals surface area contributed by atoms with Crippen LogP contribution in [-0.2, 0) is 9.53 Å². The Morgan fingerprint density at radius 3 is 2.50 bits per heavy atom. The first-order valence-corrected chi connectivity index (χ1v) is 12.1. The molecule has 5 N–H and O–H groups in total. The number of hydrogen-bond acceptors (Lipinski definition) is 7. The number of rotatable bonds is 12. The monoisotopic (exact) mass is 514 g/mol. The zero-order valence-electron chi connectivity index (χ0n) is 20.8. The van der Waals surface area contributed by atoms with Gasteiger partial charge in [-0.25, -0.2) is 4.79 Å². The molecular formula is C29H30N4O5. The van der Waals surface area contributed by atoms with Gasteiger partial charge >= 0.3 is 6.09 Å². The van der Waals surface area contributed by atoms with Gasteiger partial charge in [-0.05, 0) is 67.8 Å². The van der Waals surface area contributed by atoms with Crippen LogP contribution >= 0.6 is 0 Å². The first kappa shape index (κ1) is 27.8. The summed E-state index contributed by atoms with van der Waals surface area (Å²) >= 11 is 0. The van der Waals surface area contributed by atoms with E-state index in [9.17, 15) is 9.59 Å². The van der Waals surface area contributed by atoms with Gasteiger partial charge in [0, 0.05) is 11.3 Å². The lowest BCUT2D eigenvalue weighted by Gasteiger charge is -2.21. The van der Waals surface area contributed by atoms with Crippen LogP contribution in [0.4, 0.5) is 21.9 Å². The van der Waals surface area contributed by atoms with Crippen LogP contribution in [0.5, 0.6) is 5.75 Å². The molecule has 0 bridgehead atoms. The lowest BCUT2D eigenvalue weighted by atomic mass is 10.0. The van der Waals surface area contributed by atoms with Crippen LogP contribution in [0, 0.1) is 11.3 Å². The van der Waals surface area contributed by atoms with Crippen molar-refractivity contribution in [3.63, 3.8) is 0 Å². The minimum Gasteiger partial charge on any atom is -0.491 e. The molecule has 1 atom stereocenters. The molecule has 0 aliphatic carbocycles. The maximum Gasteiger partial charge on any atom is 0.412 e. The Morgan fingerprint density at radius 2 is 1.76 bits per heavy atom. The van der Waals surface area contributed by atoms with Crippen molar-refractivity contribution in [2.45, 2.75) is 25.4 Å². The minimum absolute atomic E-state index is 0.102. The highest BCUT2D eigenvalue weighted by molar-refractivity contribution is 6.01. The maximum atomic E-state index is 12.7. The fourth-order valence-corrected chi connectivity index (χ4v) is 3.61. The number of allylic oxidation sites excluding steroid dienone is 1. The van der Waals surface area contributed by atoms with E-state index >= 15 is 0 Å². The predicted molar refractivity (Wildman–Crippen MR) is 145 cm³/mol. The van der Waals surface area contributed by atoms with E-state index in [1.807, 2.05) is 12.1 Å². The van der Waals surface area contributed by atoms with Crippen LogP contribution in [0.2, 0.25) is 0 Å². The molecule has 38 heavy (non-hydrogen) atoms. The molecular weight excluding hydrogens is 484 g/mol. The quantitative estimate of drug-likeness (QED) is 0.148. The van der Waals surface area contributed by atoms with Gasteiger partial charge in [0.25, 0.3) is 0 Å². The van der Waals surface area contributed by atoms with Crippen molar-refractivity contribution in [3.8, 4) is 11.8 Å². The topological polar surface area (TPSA) is 147 Å². The number of aliphatic hydroxyl groups excluding tert-OH is 1. The van der Waals surface area contributed by atoms with Crippen molar-refractivity contribution in [2.24, 2.45) is 0 Å². The summed E-state index contributed by atoms with van der Waals surface area (Å²) in [6, 6.07) is 22.6. The SMILES string of the molecule is N#Cc1ccc(NC(=O)O[C@@H](CCC/C=C/C(=O)Nc2ccccc2N)c2ccccc2OCCO)cc1. The molecule has 0 spiro atoms. The third-order valence-electron chi connectivity index (χ3n) is 5.45. The van der Waals surface area contributed by atoms with Gasteiger partial charge in [0.05, 0.1) is 29.6 Å². The van der Waals surface area contributed by atoms with Gasteiger partial charge in [0.15, 0.2) is 0 Å². The zero-order valence-corrected chi connectivity index (χ0v) is 20.8. The lowest BCUT2D eigenvalue weighted by molar-refractivity contribution is -0.111. The molecule has 0 aliphatic heterocycles. The van der Waals surface area contributed by atoms with Crippen molar-refractivity contribution in [1.82, 2.24) is 0 Å². The van der Waals surface area contributed by atoms with E-state index in [0.717, 1.165) is 0 Å². The van der Waals surface area contributed by atoms with Crippen LogP contribution in [0.1, 0.15) is 36.5 Å². The number of nitriles is 1. The molecule has 3 aromatic carbocycles. The molecule has 3 rings (SSSR count). The molecule has 2 amide bonds. The Balaban J connectivity index is 1.63. The predicted octanol–water partition coefficient (Wildman–Crippen LogP) is 5.17. The molecule has 0 heterocycles. The second-order valence-electron chi connectivity index (χ2n) is 8.23. The second-order valence-corrected chi connectivity index (χ2v) is 8.23. The zero-order chi connectivity index (χ0) is 27.2. The molecule has 0 saturated heterocycles. The Bertz CT molecular complexity index is 1280. The van der Waals surface area contributed by atoms with E-state index in [1.54, 1.807) is 72.8 Å². The number of hydrogen-bond donors (Lipinski definition) is 4. The van der Waals surface area contributed by atoms with Crippen molar-refractivity contribution in [2.75, 3.05) is 29.6 Å². The van der Waals surface area contributed by atoms with E-state index in [0.29, 0.717) is 53.2 Å². The summed E-state index contributed by atoms with van der Waals surface area (Å²) in [6.45, 7) is -0.0501. The van der Waals surface area contributed by atoms with Gasteiger partial charge in [0.2, 0.25) is 5.91 Å². The number of amides is 2. The van der Waals surface area contributed by atoms with E-state index < -0.39 is 12.2 Å². The Morgan fingerprint density at radius 1 is 1.03 bits per heavy atom. The number of para-hydroxylation sites is 3. The van der Waals surface area contributed by atoms with Gasteiger partial charge < -0.3 is 25.6 Å². The van der Waals surface area contributed by atoms with Gasteiger partial charge in [-0.3, -0.25) is 10.1 Å². The maximum absolute atomic E-state index is 12.7. The highest BCUT2D eigenvalue weighted by Crippen LogP contribution is 2.32. The number of aliphatic hydroxyl groups is 1. The molecule has 0 radical (unpaired) electrons. The van der Waals surface area contributed by atoms with Crippen molar-refractivity contribution < 1.29 is 24.2 Å². The number of carbonyl (C=O) groups excluding carboxylic acids is 2. The van der Waals surface area contributed by atoms with Crippen LogP contribution in [0.15, 0.2) is 84.9 Å². The number of carbonyl (C=O) groups is 2. The molecule has 9 heteroatoms. The summed E-state index contributed by atoms with van der Waals surface area (Å²) in [5.74, 6) is 0.216. The molecule has 0 aromatic heterocycles. The molecule has 0 unspecified atom stereocenters. The number of nitrogens with zero attached hydrogens (tertiary/aromatic N) is 1. The summed E-state index contributed by atoms with van der Waals surface area (Å²) in [6.07, 6.45) is 3.52. The van der Waals surface area contributed by atoms with E-state index in [1.165, 1.54) is 6.08 Å². The van der Waals surface area contributed by atoms with Crippen molar-refractivity contribution in [3.05, 3.63) is 96.1 Å². The van der Waals surface area contributed by atoms with Crippen LogP contribution < -0.4 is 21.1 Å². The molecule has 0 saturated carbocycles. The smallest absolute Gasteiger partial charge is 0.412 e. The Kier molecular flexibility index (Phi) is 10.7. The van der Waals surface area contributed by atoms with Gasteiger partial charge in [-0.1, -0.05) is 36.4 Å². The lowest BCUT2D eigenvalue weighted by Crippen LogP contribution is -2.18. The average Bonchev–Trinajstić information content (AvgIpc) is 2.93. The highest BCUT2D eigenvalue weighted by atomic mass is 16.6. The largest absolute Gasteiger partial charge is 0.491 e. The van der Waals surface area contributed by atoms with Gasteiger partial charge in [-0.15, -0.1) is 0 Å². The number of unbranched alkanes of at least 4 members (excludes halogenated alkanes) is 1. The van der Waals surface area contributed by atoms with Gasteiger partial charge in [0.1, 0.15) is 18.5 Å². The fraction of sp³-hybridized carbons (Fsp3) is 0.207. The Labute approximate surface area is 221 Å². The van der Waals surface area contributed by atoms with Crippen LogP contribution in [0.25, 0.3) is 0 Å². The third-order valence-corrected chi connectivity index (χ3v) is 5.45. The van der Waals surface area contributed by atoms with E-state index in [-0.39, 0.29) is 19.1 Å². The van der Waals surface area contributed by atoms with Crippen molar-refractivity contribution >= 4 is 29.1 Å². The summed E-state index contributed by atoms with van der Waals surface area (Å²) in [5.41, 5.74) is 8.52. The number of benzene rings is 3. The number of anilines is 3. The number of ether oxygens (including phenoxy) is 2. The molecule has 3 aromatic rings. The molecule has 0 aliphatic rings. The standard InChI is InChI=1S/C29H30N4O5/c30-20-21-14-16-22(17-15-21)32-29(36)38-27(23-8-4-7-11-26(23)37-19-18-34)12-2-1-3-13-28(35)33-25-10-6-5-9-24(25)31/h3-11,13-17,27,34H,1-2,12,18-19,31H2,(H,32,36)(H,33,35)/b13-3+/t27-/m0/s1. The fourth-order valence-electron chi connectivity index (χ4n) is 3.61. The average molecular weight is 515 g/mol. The van der Waals surface area contributed by atoms with E-state index in [4.69, 9.17) is 25.6 Å². The number of nitrogen functional groups attached to an aromatic ring is 1. The normalized spacial score (nSPS) is 11.4. The molecule has 0 fully saturated rings. The third kappa shape index (κ3) is 8.69. The summed E-state index contributed by atoms with van der Waals surface area (Å²) in [4.78, 5) is 24.9. The van der Waals surface area contributed by atoms with Crippen LogP contribution in [-0.4, -0.2) is 30.3 Å². The van der Waals surface area contributed by atoms with Gasteiger partial charge in [-0.2, -0.15) is 5.26 Å². The first-order chi connectivity index (χ1) is 18.5. The minimum atomic E-state index is -0.660. The summed E-state index contributed by atoms with van der Waals surface area (Å²) in [5, 5.41) is 23.5. The molecule has 9 nitrogen and oxygen atoms in total. The highest BCUT2D eigenvalue weighted by Gasteiger charge is 2.20. The summed E-state index contributed by atoms with van der Waals surface area (Å²) < 4.78 is 11.4.